The van der Waals surface area contributed by atoms with Crippen LogP contribution in [-0.4, -0.2) is 14.5 Å². The van der Waals surface area contributed by atoms with Crippen molar-refractivity contribution in [3.8, 4) is 6.07 Å². The number of benzene rings is 1. The van der Waals surface area contributed by atoms with Gasteiger partial charge in [-0.15, -0.1) is 0 Å². The number of nitrogens with zero attached hydrogens (tertiary/aromatic N) is 1. The Labute approximate surface area is 96.0 Å². The maximum atomic E-state index is 11.8. The Hall–Kier alpha value is -1.38. The first kappa shape index (κ1) is 12.7. The summed E-state index contributed by atoms with van der Waals surface area (Å²) < 4.78 is 26.1. The Bertz CT molecular complexity index is 503. The van der Waals surface area contributed by atoms with Crippen molar-refractivity contribution in [3.63, 3.8) is 0 Å². The van der Waals surface area contributed by atoms with E-state index in [4.69, 9.17) is 5.26 Å². The van der Waals surface area contributed by atoms with Crippen LogP contribution in [0.15, 0.2) is 29.2 Å². The molecule has 1 atom stereocenters. The maximum Gasteiger partial charge on any atom is 0.240 e. The summed E-state index contributed by atoms with van der Waals surface area (Å²) in [5.74, 6) is 0. The molecule has 4 nitrogen and oxygen atoms in total. The lowest BCUT2D eigenvalue weighted by Gasteiger charge is -2.11. The SMILES string of the molecule is Cc1cccc(S(=O)(=O)N[C@@H](C)CC#N)c1. The molecule has 0 radical (unpaired) electrons. The van der Waals surface area contributed by atoms with Gasteiger partial charge in [0.15, 0.2) is 0 Å². The molecule has 0 aliphatic rings. The van der Waals surface area contributed by atoms with Crippen molar-refractivity contribution in [2.75, 3.05) is 0 Å². The third kappa shape index (κ3) is 3.33. The highest BCUT2D eigenvalue weighted by molar-refractivity contribution is 7.89. The molecule has 0 bridgehead atoms. The fourth-order valence-corrected chi connectivity index (χ4v) is 2.64. The topological polar surface area (TPSA) is 70.0 Å². The second-order valence-corrected chi connectivity index (χ2v) is 5.42. The molecule has 0 spiro atoms. The van der Waals surface area contributed by atoms with E-state index in [9.17, 15) is 8.42 Å². The number of nitrogens with one attached hydrogen (secondary N) is 1. The van der Waals surface area contributed by atoms with Gasteiger partial charge in [0.25, 0.3) is 0 Å². The molecule has 0 saturated heterocycles. The third-order valence-electron chi connectivity index (χ3n) is 2.05. The lowest BCUT2D eigenvalue weighted by molar-refractivity contribution is 0.563. The van der Waals surface area contributed by atoms with Crippen LogP contribution in [0.2, 0.25) is 0 Å². The summed E-state index contributed by atoms with van der Waals surface area (Å²) in [6.45, 7) is 3.49. The second kappa shape index (κ2) is 5.10. The van der Waals surface area contributed by atoms with Crippen LogP contribution in [-0.2, 0) is 10.0 Å². The molecule has 0 saturated carbocycles. The number of hydrogen-bond acceptors (Lipinski definition) is 3. The summed E-state index contributed by atoms with van der Waals surface area (Å²) in [4.78, 5) is 0.234. The van der Waals surface area contributed by atoms with Crippen LogP contribution >= 0.6 is 0 Å². The summed E-state index contributed by atoms with van der Waals surface area (Å²) in [6, 6.07) is 8.21. The van der Waals surface area contributed by atoms with Gasteiger partial charge in [-0.05, 0) is 31.5 Å². The van der Waals surface area contributed by atoms with Gasteiger partial charge >= 0.3 is 0 Å². The van der Waals surface area contributed by atoms with Crippen LogP contribution in [0.5, 0.6) is 0 Å². The zero-order chi connectivity index (χ0) is 12.2. The van der Waals surface area contributed by atoms with E-state index in [0.29, 0.717) is 0 Å². The van der Waals surface area contributed by atoms with Crippen molar-refractivity contribution in [2.24, 2.45) is 0 Å². The van der Waals surface area contributed by atoms with Gasteiger partial charge in [0.1, 0.15) is 0 Å². The monoisotopic (exact) mass is 238 g/mol. The quantitative estimate of drug-likeness (QED) is 0.865. The van der Waals surface area contributed by atoms with Gasteiger partial charge in [-0.2, -0.15) is 5.26 Å². The fraction of sp³-hybridized carbons (Fsp3) is 0.364. The van der Waals surface area contributed by atoms with E-state index in [0.717, 1.165) is 5.56 Å². The summed E-state index contributed by atoms with van der Waals surface area (Å²) >= 11 is 0. The van der Waals surface area contributed by atoms with E-state index >= 15 is 0 Å². The first-order valence-electron chi connectivity index (χ1n) is 4.91. The second-order valence-electron chi connectivity index (χ2n) is 3.70. The summed E-state index contributed by atoms with van der Waals surface area (Å²) in [5.41, 5.74) is 0.885. The average Bonchev–Trinajstić information content (AvgIpc) is 2.17. The minimum Gasteiger partial charge on any atom is -0.207 e. The highest BCUT2D eigenvalue weighted by Gasteiger charge is 2.16. The zero-order valence-electron chi connectivity index (χ0n) is 9.27. The van der Waals surface area contributed by atoms with Crippen LogP contribution in [0.1, 0.15) is 18.9 Å². The van der Waals surface area contributed by atoms with Crippen molar-refractivity contribution in [1.82, 2.24) is 4.72 Å². The molecule has 0 aliphatic heterocycles. The van der Waals surface area contributed by atoms with E-state index in [2.05, 4.69) is 4.72 Å². The average molecular weight is 238 g/mol. The van der Waals surface area contributed by atoms with Crippen molar-refractivity contribution in [2.45, 2.75) is 31.2 Å². The van der Waals surface area contributed by atoms with Crippen molar-refractivity contribution in [3.05, 3.63) is 29.8 Å². The van der Waals surface area contributed by atoms with Gasteiger partial charge in [-0.3, -0.25) is 0 Å². The number of aryl methyl sites for hydroxylation is 1. The highest BCUT2D eigenvalue weighted by Crippen LogP contribution is 2.11. The molecule has 0 unspecified atom stereocenters. The van der Waals surface area contributed by atoms with Crippen LogP contribution < -0.4 is 4.72 Å². The molecule has 5 heteroatoms. The molecule has 0 heterocycles. The van der Waals surface area contributed by atoms with Gasteiger partial charge < -0.3 is 0 Å². The molecule has 0 amide bonds. The van der Waals surface area contributed by atoms with Gasteiger partial charge in [0, 0.05) is 6.04 Å². The normalized spacial score (nSPS) is 13.1. The lowest BCUT2D eigenvalue weighted by Crippen LogP contribution is -2.32. The summed E-state index contributed by atoms with van der Waals surface area (Å²) in [6.07, 6.45) is 0.158. The third-order valence-corrected chi connectivity index (χ3v) is 3.64. The summed E-state index contributed by atoms with van der Waals surface area (Å²) in [5, 5.41) is 8.46. The van der Waals surface area contributed by atoms with Crippen LogP contribution in [0.25, 0.3) is 0 Å². The first-order chi connectivity index (χ1) is 7.45. The number of sulfonamides is 1. The van der Waals surface area contributed by atoms with Gasteiger partial charge in [0.05, 0.1) is 17.4 Å². The van der Waals surface area contributed by atoms with Crippen molar-refractivity contribution in [1.29, 1.82) is 5.26 Å². The predicted molar refractivity (Wildman–Crippen MR) is 61.2 cm³/mol. The van der Waals surface area contributed by atoms with Gasteiger partial charge in [-0.25, -0.2) is 13.1 Å². The molecule has 0 fully saturated rings. The number of rotatable bonds is 4. The Morgan fingerprint density at radius 1 is 1.50 bits per heavy atom. The van der Waals surface area contributed by atoms with Crippen LogP contribution in [0.3, 0.4) is 0 Å². The molecule has 1 aromatic rings. The van der Waals surface area contributed by atoms with Crippen molar-refractivity contribution >= 4 is 10.0 Å². The molecular weight excluding hydrogens is 224 g/mol. The minimum absolute atomic E-state index is 0.158. The summed E-state index contributed by atoms with van der Waals surface area (Å²) in [7, 11) is -3.51. The highest BCUT2D eigenvalue weighted by atomic mass is 32.2. The molecule has 0 aliphatic carbocycles. The fourth-order valence-electron chi connectivity index (χ4n) is 1.29. The van der Waals surface area contributed by atoms with E-state index in [1.54, 1.807) is 19.1 Å². The van der Waals surface area contributed by atoms with Gasteiger partial charge in [0.2, 0.25) is 10.0 Å². The molecule has 16 heavy (non-hydrogen) atoms. The number of nitriles is 1. The Kier molecular flexibility index (Phi) is 4.05. The molecule has 1 rings (SSSR count). The molecule has 0 aromatic heterocycles. The molecular formula is C11H14N2O2S. The smallest absolute Gasteiger partial charge is 0.207 e. The van der Waals surface area contributed by atoms with E-state index in [1.165, 1.54) is 6.07 Å². The Morgan fingerprint density at radius 3 is 2.75 bits per heavy atom. The minimum atomic E-state index is -3.51. The Morgan fingerprint density at radius 2 is 2.19 bits per heavy atom. The number of hydrogen-bond donors (Lipinski definition) is 1. The van der Waals surface area contributed by atoms with E-state index < -0.39 is 10.0 Å². The predicted octanol–water partition coefficient (Wildman–Crippen LogP) is 1.58. The largest absolute Gasteiger partial charge is 0.240 e. The van der Waals surface area contributed by atoms with Crippen LogP contribution in [0.4, 0.5) is 0 Å². The van der Waals surface area contributed by atoms with Crippen LogP contribution in [0, 0.1) is 18.3 Å². The van der Waals surface area contributed by atoms with Gasteiger partial charge in [-0.1, -0.05) is 12.1 Å². The maximum absolute atomic E-state index is 11.8. The molecule has 1 aromatic carbocycles. The standard InChI is InChI=1S/C11H14N2O2S/c1-9-4-3-5-11(8-9)16(14,15)13-10(2)6-7-12/h3-5,8,10,13H,6H2,1-2H3/t10-/m0/s1. The van der Waals surface area contributed by atoms with Crippen molar-refractivity contribution < 1.29 is 8.42 Å². The van der Waals surface area contributed by atoms with E-state index in [-0.39, 0.29) is 17.4 Å². The lowest BCUT2D eigenvalue weighted by atomic mass is 10.2. The molecule has 1 N–H and O–H groups in total. The molecule has 86 valence electrons. The van der Waals surface area contributed by atoms with E-state index in [1.807, 2.05) is 19.1 Å². The Balaban J connectivity index is 2.91. The zero-order valence-corrected chi connectivity index (χ0v) is 10.1. The first-order valence-corrected chi connectivity index (χ1v) is 6.40.